The van der Waals surface area contributed by atoms with Crippen LogP contribution in [-0.4, -0.2) is 9.97 Å². The number of halogens is 5. The molecule has 35 heavy (non-hydrogen) atoms. The summed E-state index contributed by atoms with van der Waals surface area (Å²) in [6.45, 7) is 5.77. The zero-order valence-electron chi connectivity index (χ0n) is 19.1. The fourth-order valence-corrected chi connectivity index (χ4v) is 3.61. The van der Waals surface area contributed by atoms with Crippen LogP contribution in [0.1, 0.15) is 43.0 Å². The summed E-state index contributed by atoms with van der Waals surface area (Å²) in [4.78, 5) is 7.84. The van der Waals surface area contributed by atoms with Gasteiger partial charge < -0.3 is 9.72 Å². The second kappa shape index (κ2) is 9.59. The normalized spacial score (nSPS) is 11.7. The third-order valence-electron chi connectivity index (χ3n) is 5.48. The highest BCUT2D eigenvalue weighted by Crippen LogP contribution is 2.34. The van der Waals surface area contributed by atoms with Crippen molar-refractivity contribution in [2.24, 2.45) is 0 Å². The maximum absolute atomic E-state index is 13.6. The largest absolute Gasteiger partial charge is 0.487 e. The lowest BCUT2D eigenvalue weighted by Gasteiger charge is -2.18. The van der Waals surface area contributed by atoms with Crippen molar-refractivity contribution in [3.05, 3.63) is 82.7 Å². The molecule has 4 nitrogen and oxygen atoms in total. The van der Waals surface area contributed by atoms with Crippen LogP contribution in [0.3, 0.4) is 0 Å². The lowest BCUT2D eigenvalue weighted by Crippen LogP contribution is -2.11. The number of nitrogens with zero attached hydrogens (tertiary/aromatic N) is 2. The van der Waals surface area contributed by atoms with Crippen molar-refractivity contribution < 1.29 is 22.3 Å². The molecule has 1 N–H and O–H groups in total. The van der Waals surface area contributed by atoms with Crippen LogP contribution in [0.25, 0.3) is 22.4 Å². The van der Waals surface area contributed by atoms with Crippen LogP contribution in [-0.2, 0) is 18.2 Å². The number of fused-ring (bicyclic) bond motifs is 1. The summed E-state index contributed by atoms with van der Waals surface area (Å²) in [5.74, 6) is -0.205. The molecule has 0 aliphatic heterocycles. The average molecular weight is 504 g/mol. The molecule has 0 radical (unpaired) electrons. The summed E-state index contributed by atoms with van der Waals surface area (Å²) in [7, 11) is 0. The Labute approximate surface area is 206 Å². The minimum atomic E-state index is -4.66. The molecule has 1 heterocycles. The van der Waals surface area contributed by atoms with Gasteiger partial charge in [-0.25, -0.2) is 9.37 Å². The molecule has 4 aromatic rings. The van der Waals surface area contributed by atoms with E-state index in [-0.39, 0.29) is 34.7 Å². The van der Waals surface area contributed by atoms with Gasteiger partial charge in [-0.15, -0.1) is 12.4 Å². The van der Waals surface area contributed by atoms with Gasteiger partial charge in [0.15, 0.2) is 0 Å². The van der Waals surface area contributed by atoms with E-state index in [4.69, 9.17) is 4.74 Å². The maximum Gasteiger partial charge on any atom is 0.416 e. The first-order valence-electron chi connectivity index (χ1n) is 10.5. The molecule has 182 valence electrons. The highest BCUT2D eigenvalue weighted by Gasteiger charge is 2.33. The Balaban J connectivity index is 0.00000342. The summed E-state index contributed by atoms with van der Waals surface area (Å²) in [5, 5.41) is 9.43. The van der Waals surface area contributed by atoms with Gasteiger partial charge in [-0.1, -0.05) is 26.8 Å². The molecule has 1 aromatic heterocycles. The molecule has 0 atom stereocenters. The highest BCUT2D eigenvalue weighted by atomic mass is 35.5. The Hall–Kier alpha value is -3.57. The molecule has 0 saturated carbocycles. The summed E-state index contributed by atoms with van der Waals surface area (Å²) in [6.07, 6.45) is -4.66. The fraction of sp³-hybridized carbons (Fsp3) is 0.231. The van der Waals surface area contributed by atoms with E-state index in [0.29, 0.717) is 17.5 Å². The van der Waals surface area contributed by atoms with Crippen molar-refractivity contribution in [2.45, 2.75) is 39.0 Å². The molecular formula is C26H22ClF4N3O. The lowest BCUT2D eigenvalue weighted by molar-refractivity contribution is -0.138. The third-order valence-corrected chi connectivity index (χ3v) is 5.48. The van der Waals surface area contributed by atoms with E-state index >= 15 is 0 Å². The topological polar surface area (TPSA) is 61.7 Å². The first kappa shape index (κ1) is 26.0. The van der Waals surface area contributed by atoms with Gasteiger partial charge in [-0.3, -0.25) is 0 Å². The number of benzene rings is 3. The van der Waals surface area contributed by atoms with Crippen molar-refractivity contribution in [3.8, 4) is 23.2 Å². The Morgan fingerprint density at radius 1 is 1.00 bits per heavy atom. The Kier molecular flexibility index (Phi) is 7.13. The number of ether oxygens (including phenoxy) is 1. The molecule has 0 aliphatic rings. The van der Waals surface area contributed by atoms with Crippen molar-refractivity contribution in [3.63, 3.8) is 0 Å². The number of aromatic amines is 1. The van der Waals surface area contributed by atoms with Gasteiger partial charge in [-0.05, 0) is 59.5 Å². The van der Waals surface area contributed by atoms with Crippen molar-refractivity contribution in [2.75, 3.05) is 0 Å². The smallest absolute Gasteiger partial charge is 0.416 e. The molecule has 3 aromatic carbocycles. The molecule has 4 rings (SSSR count). The average Bonchev–Trinajstić information content (AvgIpc) is 3.19. The molecule has 0 unspecified atom stereocenters. The number of rotatable bonds is 4. The van der Waals surface area contributed by atoms with Crippen LogP contribution < -0.4 is 4.74 Å². The Bertz CT molecular complexity index is 1420. The molecular weight excluding hydrogens is 482 g/mol. The van der Waals surface area contributed by atoms with E-state index in [0.717, 1.165) is 28.7 Å². The number of H-pyrrole nitrogens is 1. The van der Waals surface area contributed by atoms with Crippen LogP contribution in [0.15, 0.2) is 54.6 Å². The SMILES string of the molecule is CC(C)(C)c1ccc2nc(-c3ccc(C#N)c(OCc4cc(F)ccc4C(F)(F)F)c3)[nH]c2c1.Cl. The van der Waals surface area contributed by atoms with E-state index < -0.39 is 24.2 Å². The van der Waals surface area contributed by atoms with Gasteiger partial charge in [-0.2, -0.15) is 18.4 Å². The monoisotopic (exact) mass is 503 g/mol. The van der Waals surface area contributed by atoms with Crippen LogP contribution >= 0.6 is 12.4 Å². The number of aromatic nitrogens is 2. The van der Waals surface area contributed by atoms with Crippen LogP contribution in [0, 0.1) is 17.1 Å². The predicted octanol–water partition coefficient (Wildman–Crippen LogP) is 7.56. The van der Waals surface area contributed by atoms with Gasteiger partial charge >= 0.3 is 6.18 Å². The van der Waals surface area contributed by atoms with Crippen molar-refractivity contribution in [1.82, 2.24) is 9.97 Å². The molecule has 0 fully saturated rings. The first-order valence-corrected chi connectivity index (χ1v) is 10.5. The quantitative estimate of drug-likeness (QED) is 0.292. The minimum absolute atomic E-state index is 0. The summed E-state index contributed by atoms with van der Waals surface area (Å²) >= 11 is 0. The minimum Gasteiger partial charge on any atom is -0.487 e. The number of imidazole rings is 1. The van der Waals surface area contributed by atoms with Gasteiger partial charge in [0.05, 0.1) is 22.2 Å². The van der Waals surface area contributed by atoms with Crippen LogP contribution in [0.4, 0.5) is 17.6 Å². The molecule has 0 saturated heterocycles. The number of hydrogen-bond acceptors (Lipinski definition) is 3. The second-order valence-corrected chi connectivity index (χ2v) is 8.98. The van der Waals surface area contributed by atoms with Crippen molar-refractivity contribution in [1.29, 1.82) is 5.26 Å². The molecule has 0 spiro atoms. The Morgan fingerprint density at radius 2 is 1.74 bits per heavy atom. The van der Waals surface area contributed by atoms with Gasteiger partial charge in [0.1, 0.15) is 30.1 Å². The molecule has 9 heteroatoms. The number of alkyl halides is 3. The number of nitrogens with one attached hydrogen (secondary N) is 1. The first-order chi connectivity index (χ1) is 16.0. The number of nitriles is 1. The van der Waals surface area contributed by atoms with E-state index in [1.54, 1.807) is 6.07 Å². The third kappa shape index (κ3) is 5.57. The van der Waals surface area contributed by atoms with Gasteiger partial charge in [0.2, 0.25) is 0 Å². The van der Waals surface area contributed by atoms with E-state index in [1.807, 2.05) is 24.3 Å². The molecule has 0 aliphatic carbocycles. The fourth-order valence-electron chi connectivity index (χ4n) is 3.61. The number of hydrogen-bond donors (Lipinski definition) is 1. The molecule has 0 bridgehead atoms. The summed E-state index contributed by atoms with van der Waals surface area (Å²) < 4.78 is 59.1. The highest BCUT2D eigenvalue weighted by molar-refractivity contribution is 5.85. The zero-order valence-corrected chi connectivity index (χ0v) is 19.9. The van der Waals surface area contributed by atoms with Gasteiger partial charge in [0.25, 0.3) is 0 Å². The lowest BCUT2D eigenvalue weighted by atomic mass is 9.87. The van der Waals surface area contributed by atoms with Crippen molar-refractivity contribution >= 4 is 23.4 Å². The zero-order chi connectivity index (χ0) is 24.7. The second-order valence-electron chi connectivity index (χ2n) is 8.98. The predicted molar refractivity (Wildman–Crippen MR) is 128 cm³/mol. The van der Waals surface area contributed by atoms with E-state index in [2.05, 4.69) is 30.7 Å². The summed E-state index contributed by atoms with van der Waals surface area (Å²) in [6, 6.07) is 14.8. The maximum atomic E-state index is 13.6. The standard InChI is InChI=1S/C26H21F4N3O.ClH/c1-25(2,3)18-6-9-21-22(12-18)33-24(32-21)15-4-5-16(13-31)23(11-15)34-14-17-10-19(27)7-8-20(17)26(28,29)30;/h4-12H,14H2,1-3H3,(H,32,33);1H. The van der Waals surface area contributed by atoms with Crippen LogP contribution in [0.2, 0.25) is 0 Å². The Morgan fingerprint density at radius 3 is 2.40 bits per heavy atom. The van der Waals surface area contributed by atoms with E-state index in [1.165, 1.54) is 12.1 Å². The van der Waals surface area contributed by atoms with E-state index in [9.17, 15) is 22.8 Å². The van der Waals surface area contributed by atoms with Crippen LogP contribution in [0.5, 0.6) is 5.75 Å². The molecule has 0 amide bonds. The van der Waals surface area contributed by atoms with Gasteiger partial charge in [0, 0.05) is 11.1 Å². The summed E-state index contributed by atoms with van der Waals surface area (Å²) in [5.41, 5.74) is 2.07.